The molecule has 1 heterocycles. The van der Waals surface area contributed by atoms with E-state index in [0.717, 1.165) is 51.4 Å². The number of ether oxygens (including phenoxy) is 2. The molecule has 0 spiro atoms. The Balaban J connectivity index is 2.42. The molecule has 1 aliphatic rings. The molecule has 0 aromatic carbocycles. The van der Waals surface area contributed by atoms with Crippen LogP contribution in [0.2, 0.25) is 0 Å². The molecule has 7 unspecified atom stereocenters. The average molecular weight is 738 g/mol. The van der Waals surface area contributed by atoms with E-state index in [1.54, 1.807) is 6.08 Å². The Bertz CT molecular complexity index is 910. The number of nitrogens with one attached hydrogen (secondary N) is 1. The van der Waals surface area contributed by atoms with Gasteiger partial charge in [0.05, 0.1) is 25.4 Å². The van der Waals surface area contributed by atoms with Gasteiger partial charge in [-0.15, -0.1) is 0 Å². The molecular formula is C43H79NO8. The van der Waals surface area contributed by atoms with Gasteiger partial charge in [0.15, 0.2) is 6.29 Å². The predicted molar refractivity (Wildman–Crippen MR) is 212 cm³/mol. The molecule has 1 saturated heterocycles. The standard InChI is InChI=1S/C43H79NO8/c1-3-5-7-9-11-13-15-17-18-19-21-23-25-27-29-31-33-39(47)44-36(35-51-43-42(50)41(49)40(48)38(34-45)52-43)37(46)32-30-28-26-24-22-20-16-14-12-10-8-6-4-2/h12,14,22,24,30,32,36-38,40-43,45-46,48-50H,3-11,13,15-21,23,25-29,31,33-35H2,1-2H3,(H,44,47)/b14-12+,24-22+,32-30+. The van der Waals surface area contributed by atoms with Gasteiger partial charge >= 0.3 is 0 Å². The van der Waals surface area contributed by atoms with E-state index in [2.05, 4.69) is 43.5 Å². The zero-order valence-corrected chi connectivity index (χ0v) is 33.1. The summed E-state index contributed by atoms with van der Waals surface area (Å²) < 4.78 is 11.2. The molecule has 9 heteroatoms. The van der Waals surface area contributed by atoms with E-state index >= 15 is 0 Å². The summed E-state index contributed by atoms with van der Waals surface area (Å²) in [6, 6.07) is -0.822. The van der Waals surface area contributed by atoms with E-state index in [9.17, 15) is 30.3 Å². The van der Waals surface area contributed by atoms with Crippen LogP contribution >= 0.6 is 0 Å². The lowest BCUT2D eigenvalue weighted by molar-refractivity contribution is -0.302. The molecular weight excluding hydrogens is 658 g/mol. The number of unbranched alkanes of at least 4 members (excludes halogenated alkanes) is 20. The fraction of sp³-hybridized carbons (Fsp3) is 0.837. The topological polar surface area (TPSA) is 149 Å². The van der Waals surface area contributed by atoms with Crippen LogP contribution in [0.25, 0.3) is 0 Å². The molecule has 0 aromatic rings. The number of hydrogen-bond donors (Lipinski definition) is 6. The highest BCUT2D eigenvalue weighted by Crippen LogP contribution is 2.22. The lowest BCUT2D eigenvalue weighted by Gasteiger charge is -2.40. The molecule has 7 atom stereocenters. The minimum Gasteiger partial charge on any atom is -0.394 e. The van der Waals surface area contributed by atoms with E-state index in [0.29, 0.717) is 6.42 Å². The second kappa shape index (κ2) is 33.9. The first-order chi connectivity index (χ1) is 25.3. The van der Waals surface area contributed by atoms with Crippen LogP contribution in [0.3, 0.4) is 0 Å². The summed E-state index contributed by atoms with van der Waals surface area (Å²) in [5.74, 6) is -0.192. The van der Waals surface area contributed by atoms with Gasteiger partial charge in [0, 0.05) is 6.42 Å². The maximum atomic E-state index is 12.9. The highest BCUT2D eigenvalue weighted by atomic mass is 16.7. The fourth-order valence-corrected chi connectivity index (χ4v) is 6.48. The summed E-state index contributed by atoms with van der Waals surface area (Å²) in [4.78, 5) is 12.9. The number of aliphatic hydroxyl groups excluding tert-OH is 5. The lowest BCUT2D eigenvalue weighted by Crippen LogP contribution is -2.60. The summed E-state index contributed by atoms with van der Waals surface area (Å²) in [5, 5.41) is 54.0. The van der Waals surface area contributed by atoms with Crippen molar-refractivity contribution >= 4 is 5.91 Å². The molecule has 1 fully saturated rings. The summed E-state index contributed by atoms with van der Waals surface area (Å²) in [7, 11) is 0. The van der Waals surface area contributed by atoms with Crippen LogP contribution in [-0.2, 0) is 14.3 Å². The molecule has 1 aliphatic heterocycles. The van der Waals surface area contributed by atoms with Gasteiger partial charge in [0.2, 0.25) is 5.91 Å². The highest BCUT2D eigenvalue weighted by molar-refractivity contribution is 5.76. The van der Waals surface area contributed by atoms with Gasteiger partial charge in [-0.25, -0.2) is 0 Å². The summed E-state index contributed by atoms with van der Waals surface area (Å²) >= 11 is 0. The number of carbonyl (C=O) groups excluding carboxylic acids is 1. The number of hydrogen-bond acceptors (Lipinski definition) is 8. The summed E-state index contributed by atoms with van der Waals surface area (Å²) in [6.07, 6.45) is 33.3. The Morgan fingerprint density at radius 3 is 1.62 bits per heavy atom. The van der Waals surface area contributed by atoms with Crippen molar-refractivity contribution in [3.63, 3.8) is 0 Å². The summed E-state index contributed by atoms with van der Waals surface area (Å²) in [6.45, 7) is 3.70. The molecule has 1 amide bonds. The molecule has 0 saturated carbocycles. The predicted octanol–water partition coefficient (Wildman–Crippen LogP) is 8.11. The minimum atomic E-state index is -1.57. The second-order valence-corrected chi connectivity index (χ2v) is 14.8. The molecule has 0 aliphatic carbocycles. The Kier molecular flexibility index (Phi) is 31.6. The van der Waals surface area contributed by atoms with Gasteiger partial charge in [-0.1, -0.05) is 159 Å². The molecule has 0 aromatic heterocycles. The molecule has 304 valence electrons. The Morgan fingerprint density at radius 1 is 0.635 bits per heavy atom. The van der Waals surface area contributed by atoms with E-state index in [4.69, 9.17) is 9.47 Å². The van der Waals surface area contributed by atoms with Crippen molar-refractivity contribution in [1.29, 1.82) is 0 Å². The largest absolute Gasteiger partial charge is 0.394 e. The van der Waals surface area contributed by atoms with E-state index in [-0.39, 0.29) is 12.5 Å². The van der Waals surface area contributed by atoms with Crippen molar-refractivity contribution in [2.75, 3.05) is 13.2 Å². The third-order valence-corrected chi connectivity index (χ3v) is 9.95. The monoisotopic (exact) mass is 738 g/mol. The Labute approximate surface area is 317 Å². The first-order valence-electron chi connectivity index (χ1n) is 21.2. The normalized spacial score (nSPS) is 22.2. The maximum absolute atomic E-state index is 12.9. The van der Waals surface area contributed by atoms with Gasteiger partial charge in [-0.2, -0.15) is 0 Å². The second-order valence-electron chi connectivity index (χ2n) is 14.8. The van der Waals surface area contributed by atoms with Crippen LogP contribution < -0.4 is 5.32 Å². The maximum Gasteiger partial charge on any atom is 0.220 e. The first-order valence-corrected chi connectivity index (χ1v) is 21.2. The highest BCUT2D eigenvalue weighted by Gasteiger charge is 2.44. The smallest absolute Gasteiger partial charge is 0.220 e. The van der Waals surface area contributed by atoms with E-state index in [1.807, 2.05) is 6.08 Å². The minimum absolute atomic E-state index is 0.192. The molecule has 0 bridgehead atoms. The average Bonchev–Trinajstić information content (AvgIpc) is 3.14. The Hall–Kier alpha value is -1.59. The quantitative estimate of drug-likeness (QED) is 0.0287. The third-order valence-electron chi connectivity index (χ3n) is 9.95. The van der Waals surface area contributed by atoms with Crippen molar-refractivity contribution in [2.24, 2.45) is 0 Å². The number of aliphatic hydroxyl groups is 5. The molecule has 0 radical (unpaired) electrons. The summed E-state index contributed by atoms with van der Waals surface area (Å²) in [5.41, 5.74) is 0. The van der Waals surface area contributed by atoms with Gasteiger partial charge in [0.1, 0.15) is 24.4 Å². The fourth-order valence-electron chi connectivity index (χ4n) is 6.48. The van der Waals surface area contributed by atoms with Crippen LogP contribution in [0.15, 0.2) is 36.5 Å². The number of allylic oxidation sites excluding steroid dienone is 5. The van der Waals surface area contributed by atoms with Crippen molar-refractivity contribution in [2.45, 2.75) is 217 Å². The number of amides is 1. The van der Waals surface area contributed by atoms with Crippen LogP contribution in [0, 0.1) is 0 Å². The van der Waals surface area contributed by atoms with Gasteiger partial charge in [-0.3, -0.25) is 4.79 Å². The third kappa shape index (κ3) is 24.7. The van der Waals surface area contributed by atoms with Crippen LogP contribution in [0.1, 0.15) is 174 Å². The lowest BCUT2D eigenvalue weighted by atomic mass is 9.99. The first kappa shape index (κ1) is 48.4. The number of rotatable bonds is 34. The van der Waals surface area contributed by atoms with Crippen LogP contribution in [-0.4, -0.2) is 87.5 Å². The molecule has 9 nitrogen and oxygen atoms in total. The zero-order valence-electron chi connectivity index (χ0n) is 33.1. The van der Waals surface area contributed by atoms with E-state index < -0.39 is 49.5 Å². The zero-order chi connectivity index (χ0) is 38.1. The Morgan fingerprint density at radius 2 is 1.10 bits per heavy atom. The van der Waals surface area contributed by atoms with Gasteiger partial charge in [0.25, 0.3) is 0 Å². The van der Waals surface area contributed by atoms with Crippen molar-refractivity contribution in [3.05, 3.63) is 36.5 Å². The molecule has 1 rings (SSSR count). The number of carbonyl (C=O) groups is 1. The van der Waals surface area contributed by atoms with Gasteiger partial charge in [-0.05, 0) is 44.9 Å². The van der Waals surface area contributed by atoms with Gasteiger partial charge < -0.3 is 40.3 Å². The van der Waals surface area contributed by atoms with Crippen molar-refractivity contribution in [1.82, 2.24) is 5.32 Å². The van der Waals surface area contributed by atoms with Crippen LogP contribution in [0.5, 0.6) is 0 Å². The molecule has 6 N–H and O–H groups in total. The van der Waals surface area contributed by atoms with Crippen molar-refractivity contribution < 1.29 is 39.8 Å². The SMILES string of the molecule is CCCCC/C=C/CC/C=C/CC/C=C/C(O)C(COC1OC(CO)C(O)C(O)C1O)NC(=O)CCCCCCCCCCCCCCCCCC. The van der Waals surface area contributed by atoms with E-state index in [1.165, 1.54) is 103 Å². The molecule has 52 heavy (non-hydrogen) atoms. The van der Waals surface area contributed by atoms with Crippen molar-refractivity contribution in [3.8, 4) is 0 Å². The van der Waals surface area contributed by atoms with Crippen LogP contribution in [0.4, 0.5) is 0 Å².